The summed E-state index contributed by atoms with van der Waals surface area (Å²) < 4.78 is 71.7. The number of aliphatic carboxylic acids is 2. The second-order valence-electron chi connectivity index (χ2n) is 8.83. The maximum absolute atomic E-state index is 10.6. The largest absolute Gasteiger partial charge is 0.490 e. The lowest BCUT2D eigenvalue weighted by atomic mass is 10.0. The molecular weight excluding hydrogens is 502 g/mol. The van der Waals surface area contributed by atoms with Crippen molar-refractivity contribution >= 4 is 11.9 Å². The molecule has 2 saturated heterocycles. The minimum atomic E-state index is -5.08. The van der Waals surface area contributed by atoms with Crippen LogP contribution in [0.1, 0.15) is 31.5 Å². The van der Waals surface area contributed by atoms with Crippen LogP contribution in [0.2, 0.25) is 0 Å². The average molecular weight is 532 g/mol. The molecule has 9 nitrogen and oxygen atoms in total. The van der Waals surface area contributed by atoms with Gasteiger partial charge in [0.15, 0.2) is 0 Å². The number of likely N-dealkylation sites (tertiary alicyclic amines) is 1. The SMILES string of the molecule is Cn1ccnc1CN1CCC2OCCN(CC3CC3)C2CC1.O=C(O)C(F)(F)F.O=C(O)C(F)(F)F. The molecule has 1 aromatic rings. The molecule has 2 aliphatic heterocycles. The van der Waals surface area contributed by atoms with Gasteiger partial charge in [0.1, 0.15) is 5.82 Å². The molecule has 0 amide bonds. The average Bonchev–Trinajstić information content (AvgIpc) is 3.53. The van der Waals surface area contributed by atoms with E-state index in [-0.39, 0.29) is 0 Å². The fraction of sp³-hybridized carbons (Fsp3) is 0.762. The number of nitrogens with zero attached hydrogens (tertiary/aromatic N) is 4. The number of carboxylic acids is 2. The number of hydrogen-bond acceptors (Lipinski definition) is 6. The molecule has 2 atom stereocenters. The molecule has 2 N–H and O–H groups in total. The Bertz CT molecular complexity index is 835. The van der Waals surface area contributed by atoms with Crippen LogP contribution in [0.4, 0.5) is 26.3 Å². The van der Waals surface area contributed by atoms with Crippen LogP contribution >= 0.6 is 0 Å². The Morgan fingerprint density at radius 3 is 2.03 bits per heavy atom. The highest BCUT2D eigenvalue weighted by Gasteiger charge is 2.39. The van der Waals surface area contributed by atoms with Gasteiger partial charge < -0.3 is 19.5 Å². The molecule has 206 valence electrons. The van der Waals surface area contributed by atoms with E-state index in [1.165, 1.54) is 38.2 Å². The number of fused-ring (bicyclic) bond motifs is 1. The van der Waals surface area contributed by atoms with Gasteiger partial charge >= 0.3 is 24.3 Å². The van der Waals surface area contributed by atoms with Gasteiger partial charge in [-0.25, -0.2) is 14.6 Å². The molecule has 1 aromatic heterocycles. The minimum Gasteiger partial charge on any atom is -0.475 e. The summed E-state index contributed by atoms with van der Waals surface area (Å²) in [5, 5.41) is 14.2. The second kappa shape index (κ2) is 12.7. The zero-order valence-electron chi connectivity index (χ0n) is 19.6. The van der Waals surface area contributed by atoms with E-state index in [2.05, 4.69) is 26.4 Å². The van der Waals surface area contributed by atoms with Crippen LogP contribution in [-0.2, 0) is 27.9 Å². The second-order valence-corrected chi connectivity index (χ2v) is 8.83. The Morgan fingerprint density at radius 2 is 1.56 bits per heavy atom. The van der Waals surface area contributed by atoms with Crippen LogP contribution in [0.5, 0.6) is 0 Å². The number of morpholine rings is 1. The predicted molar refractivity (Wildman–Crippen MR) is 113 cm³/mol. The highest BCUT2D eigenvalue weighted by Crippen LogP contribution is 2.33. The maximum atomic E-state index is 10.6. The number of ether oxygens (including phenoxy) is 1. The summed E-state index contributed by atoms with van der Waals surface area (Å²) in [7, 11) is 2.08. The lowest BCUT2D eigenvalue weighted by Gasteiger charge is -2.40. The zero-order chi connectivity index (χ0) is 27.1. The van der Waals surface area contributed by atoms with Gasteiger partial charge in [-0.2, -0.15) is 26.3 Å². The summed E-state index contributed by atoms with van der Waals surface area (Å²) in [6.07, 6.45) is -0.502. The monoisotopic (exact) mass is 532 g/mol. The lowest BCUT2D eigenvalue weighted by molar-refractivity contribution is -0.193. The normalized spacial score (nSPS) is 23.3. The van der Waals surface area contributed by atoms with Crippen LogP contribution in [0.15, 0.2) is 12.4 Å². The standard InChI is InChI=1S/C17H28N4O.2C2HF3O2/c1-19-9-6-18-17(19)13-20-7-4-15-16(5-8-20)22-11-10-21(15)12-14-2-3-14;2*3-2(4,5)1(6)7/h6,9,14-16H,2-5,7-8,10-13H2,1H3;2*(H,6,7). The molecule has 3 aliphatic rings. The molecule has 1 saturated carbocycles. The Morgan fingerprint density at radius 1 is 1.00 bits per heavy atom. The first kappa shape index (κ1) is 29.8. The Kier molecular flexibility index (Phi) is 10.5. The molecule has 0 bridgehead atoms. The fourth-order valence-electron chi connectivity index (χ4n) is 3.98. The van der Waals surface area contributed by atoms with Crippen molar-refractivity contribution in [2.24, 2.45) is 13.0 Å². The molecule has 36 heavy (non-hydrogen) atoms. The number of aryl methyl sites for hydroxylation is 1. The van der Waals surface area contributed by atoms with E-state index in [0.717, 1.165) is 38.6 Å². The third-order valence-electron chi connectivity index (χ3n) is 6.04. The van der Waals surface area contributed by atoms with Crippen LogP contribution in [0, 0.1) is 5.92 Å². The van der Waals surface area contributed by atoms with Crippen molar-refractivity contribution in [3.05, 3.63) is 18.2 Å². The van der Waals surface area contributed by atoms with Crippen LogP contribution < -0.4 is 0 Å². The number of alkyl halides is 6. The van der Waals surface area contributed by atoms with E-state index in [1.807, 2.05) is 12.4 Å². The molecular formula is C21H30F6N4O5. The molecule has 0 spiro atoms. The van der Waals surface area contributed by atoms with Crippen LogP contribution in [0.3, 0.4) is 0 Å². The van der Waals surface area contributed by atoms with Crippen molar-refractivity contribution in [3.63, 3.8) is 0 Å². The van der Waals surface area contributed by atoms with Gasteiger partial charge in [0.25, 0.3) is 0 Å². The lowest BCUT2D eigenvalue weighted by Crippen LogP contribution is -2.51. The molecule has 3 heterocycles. The van der Waals surface area contributed by atoms with E-state index in [1.54, 1.807) is 0 Å². The van der Waals surface area contributed by atoms with Crippen molar-refractivity contribution < 1.29 is 50.9 Å². The van der Waals surface area contributed by atoms with Gasteiger partial charge in [0, 0.05) is 51.7 Å². The quantitative estimate of drug-likeness (QED) is 0.571. The summed E-state index contributed by atoms with van der Waals surface area (Å²) in [6.45, 7) is 6.63. The maximum Gasteiger partial charge on any atom is 0.490 e. The van der Waals surface area contributed by atoms with Gasteiger partial charge in [0.2, 0.25) is 0 Å². The van der Waals surface area contributed by atoms with E-state index in [0.29, 0.717) is 12.1 Å². The van der Waals surface area contributed by atoms with Gasteiger partial charge in [-0.05, 0) is 31.6 Å². The van der Waals surface area contributed by atoms with E-state index in [9.17, 15) is 26.3 Å². The summed E-state index contributed by atoms with van der Waals surface area (Å²) in [5.74, 6) is -3.37. The number of halogens is 6. The third kappa shape index (κ3) is 9.93. The minimum absolute atomic E-state index is 0.443. The van der Waals surface area contributed by atoms with Gasteiger partial charge in [-0.3, -0.25) is 9.80 Å². The molecule has 3 fully saturated rings. The van der Waals surface area contributed by atoms with E-state index in [4.69, 9.17) is 24.5 Å². The van der Waals surface area contributed by atoms with Crippen molar-refractivity contribution in [3.8, 4) is 0 Å². The first-order valence-electron chi connectivity index (χ1n) is 11.3. The number of rotatable bonds is 4. The van der Waals surface area contributed by atoms with E-state index < -0.39 is 24.3 Å². The molecule has 1 aliphatic carbocycles. The van der Waals surface area contributed by atoms with Gasteiger partial charge in [-0.1, -0.05) is 0 Å². The Balaban J connectivity index is 0.000000271. The molecule has 15 heteroatoms. The van der Waals surface area contributed by atoms with Crippen LogP contribution in [0.25, 0.3) is 0 Å². The Labute approximate surface area is 203 Å². The van der Waals surface area contributed by atoms with Crippen molar-refractivity contribution in [1.29, 1.82) is 0 Å². The predicted octanol–water partition coefficient (Wildman–Crippen LogP) is 2.76. The van der Waals surface area contributed by atoms with Crippen molar-refractivity contribution in [2.45, 2.75) is 56.7 Å². The number of carboxylic acid groups (broad SMARTS) is 2. The van der Waals surface area contributed by atoms with Crippen molar-refractivity contribution in [1.82, 2.24) is 19.4 Å². The smallest absolute Gasteiger partial charge is 0.475 e. The highest BCUT2D eigenvalue weighted by atomic mass is 19.4. The summed E-state index contributed by atoms with van der Waals surface area (Å²) >= 11 is 0. The van der Waals surface area contributed by atoms with Gasteiger partial charge in [-0.15, -0.1) is 0 Å². The van der Waals surface area contributed by atoms with Crippen LogP contribution in [-0.4, -0.2) is 98.8 Å². The zero-order valence-corrected chi connectivity index (χ0v) is 19.6. The first-order valence-corrected chi connectivity index (χ1v) is 11.3. The molecule has 0 radical (unpaired) electrons. The Hall–Kier alpha value is -2.39. The summed E-state index contributed by atoms with van der Waals surface area (Å²) in [4.78, 5) is 27.6. The third-order valence-corrected chi connectivity index (χ3v) is 6.04. The summed E-state index contributed by atoms with van der Waals surface area (Å²) in [6, 6.07) is 0.640. The molecule has 0 aromatic carbocycles. The summed E-state index contributed by atoms with van der Waals surface area (Å²) in [5.41, 5.74) is 0. The number of carbonyl (C=O) groups is 2. The van der Waals surface area contributed by atoms with E-state index >= 15 is 0 Å². The fourth-order valence-corrected chi connectivity index (χ4v) is 3.98. The topological polar surface area (TPSA) is 108 Å². The van der Waals surface area contributed by atoms with Gasteiger partial charge in [0.05, 0.1) is 19.3 Å². The number of hydrogen-bond donors (Lipinski definition) is 2. The first-order chi connectivity index (χ1) is 16.7. The molecule has 2 unspecified atom stereocenters. The van der Waals surface area contributed by atoms with Crippen molar-refractivity contribution in [2.75, 3.05) is 32.8 Å². The number of aromatic nitrogens is 2. The molecule has 4 rings (SSSR count). The highest BCUT2D eigenvalue weighted by molar-refractivity contribution is 5.73. The number of imidazole rings is 1.